The Hall–Kier alpha value is -4.04. The van der Waals surface area contributed by atoms with E-state index in [1.165, 1.54) is 26.0 Å². The number of anilines is 1. The van der Waals surface area contributed by atoms with Crippen molar-refractivity contribution in [1.29, 1.82) is 0 Å². The van der Waals surface area contributed by atoms with E-state index in [-0.39, 0.29) is 78.7 Å². The van der Waals surface area contributed by atoms with Crippen LogP contribution in [-0.4, -0.2) is 84.8 Å². The smallest absolute Gasteiger partial charge is 0.302 e. The Morgan fingerprint density at radius 1 is 1.14 bits per heavy atom. The van der Waals surface area contributed by atoms with Crippen LogP contribution in [0.4, 0.5) is 10.3 Å². The number of esters is 2. The van der Waals surface area contributed by atoms with Gasteiger partial charge in [-0.05, 0) is 68.4 Å². The van der Waals surface area contributed by atoms with Gasteiger partial charge in [-0.3, -0.25) is 19.2 Å². The summed E-state index contributed by atoms with van der Waals surface area (Å²) in [6.07, 6.45) is 9.36. The summed E-state index contributed by atoms with van der Waals surface area (Å²) in [6.45, 7) is 8.92. The molecule has 50 heavy (non-hydrogen) atoms. The number of rotatable bonds is 9. The molecule has 4 aliphatic rings. The SMILES string of the molecule is CC(=O)OCC(CCn1cnc2cnc(N)nc21)COC(C)=O.C[C@@H]1C[C@H]2[C@@H]3CCC4=CC(=O)C=C[C@]4(C)[C@@]3(F)C(O)C[C@]2(C)[C@H]1C(=O)CO. The van der Waals surface area contributed by atoms with E-state index < -0.39 is 29.2 Å². The number of aliphatic hydroxyl groups excluding tert-OH is 2. The van der Waals surface area contributed by atoms with E-state index in [2.05, 4.69) is 15.0 Å². The molecule has 0 radical (unpaired) electrons. The first-order valence-electron chi connectivity index (χ1n) is 17.2. The molecule has 3 fully saturated rings. The van der Waals surface area contributed by atoms with Gasteiger partial charge in [-0.2, -0.15) is 4.98 Å². The van der Waals surface area contributed by atoms with Gasteiger partial charge in [0.15, 0.2) is 22.9 Å². The first-order valence-corrected chi connectivity index (χ1v) is 17.2. The van der Waals surface area contributed by atoms with Gasteiger partial charge in [0.05, 0.1) is 31.8 Å². The summed E-state index contributed by atoms with van der Waals surface area (Å²) >= 11 is 0. The first-order chi connectivity index (χ1) is 23.5. The lowest BCUT2D eigenvalue weighted by Crippen LogP contribution is -2.66. The van der Waals surface area contributed by atoms with Crippen molar-refractivity contribution in [3.8, 4) is 0 Å². The van der Waals surface area contributed by atoms with Gasteiger partial charge >= 0.3 is 11.9 Å². The molecule has 8 atom stereocenters. The molecule has 14 heteroatoms. The van der Waals surface area contributed by atoms with Crippen LogP contribution < -0.4 is 5.73 Å². The number of ether oxygens (including phenoxy) is 2. The van der Waals surface area contributed by atoms with Gasteiger partial charge < -0.3 is 30.0 Å². The van der Waals surface area contributed by atoms with Crippen LogP contribution in [-0.2, 0) is 35.2 Å². The lowest BCUT2D eigenvalue weighted by atomic mass is 9.45. The summed E-state index contributed by atoms with van der Waals surface area (Å²) in [4.78, 5) is 58.5. The van der Waals surface area contributed by atoms with Gasteiger partial charge in [0, 0.05) is 43.6 Å². The number of halogens is 1. The highest BCUT2D eigenvalue weighted by atomic mass is 19.1. The molecule has 0 spiro atoms. The Bertz CT molecular complexity index is 1690. The Morgan fingerprint density at radius 2 is 1.82 bits per heavy atom. The fraction of sp³-hybridized carbons (Fsp3) is 0.639. The zero-order valence-corrected chi connectivity index (χ0v) is 29.3. The van der Waals surface area contributed by atoms with Crippen LogP contribution in [0.1, 0.15) is 66.7 Å². The summed E-state index contributed by atoms with van der Waals surface area (Å²) in [5.41, 5.74) is 4.29. The van der Waals surface area contributed by atoms with Crippen molar-refractivity contribution < 1.29 is 43.3 Å². The molecule has 4 N–H and O–H groups in total. The molecule has 0 aliphatic heterocycles. The van der Waals surface area contributed by atoms with Gasteiger partial charge in [0.2, 0.25) is 5.95 Å². The summed E-state index contributed by atoms with van der Waals surface area (Å²) in [5, 5.41) is 20.6. The molecule has 272 valence electrons. The lowest BCUT2D eigenvalue weighted by Gasteiger charge is -2.62. The van der Waals surface area contributed by atoms with Crippen LogP contribution >= 0.6 is 0 Å². The number of carbonyl (C=O) groups excluding carboxylic acids is 4. The van der Waals surface area contributed by atoms with Crippen molar-refractivity contribution in [2.45, 2.75) is 85.0 Å². The van der Waals surface area contributed by atoms with Crippen molar-refractivity contribution in [2.24, 2.45) is 40.4 Å². The predicted octanol–water partition coefficient (Wildman–Crippen LogP) is 3.32. The Balaban J connectivity index is 0.000000197. The quantitative estimate of drug-likeness (QED) is 0.324. The fourth-order valence-electron chi connectivity index (χ4n) is 9.40. The number of nitrogens with zero attached hydrogens (tertiary/aromatic N) is 4. The number of hydrogen-bond acceptors (Lipinski definition) is 12. The van der Waals surface area contributed by atoms with Crippen molar-refractivity contribution in [1.82, 2.24) is 19.5 Å². The maximum Gasteiger partial charge on any atom is 0.302 e. The first kappa shape index (κ1) is 37.2. The summed E-state index contributed by atoms with van der Waals surface area (Å²) in [7, 11) is 0. The van der Waals surface area contributed by atoms with Gasteiger partial charge in [-0.1, -0.05) is 25.5 Å². The van der Waals surface area contributed by atoms with Gasteiger partial charge in [0.1, 0.15) is 12.1 Å². The van der Waals surface area contributed by atoms with E-state index in [0.29, 0.717) is 37.0 Å². The van der Waals surface area contributed by atoms with Crippen LogP contribution in [0, 0.1) is 40.4 Å². The molecule has 4 aliphatic carbocycles. The number of nitrogens with two attached hydrogens (primary N) is 1. The number of aromatic nitrogens is 4. The third kappa shape index (κ3) is 6.71. The maximum atomic E-state index is 16.8. The van der Waals surface area contributed by atoms with Crippen LogP contribution in [0.25, 0.3) is 11.2 Å². The van der Waals surface area contributed by atoms with Crippen molar-refractivity contribution in [2.75, 3.05) is 25.6 Å². The number of allylic oxidation sites excluding steroid dienone is 4. The highest BCUT2D eigenvalue weighted by molar-refractivity contribution is 6.01. The maximum absolute atomic E-state index is 16.8. The molecule has 3 saturated carbocycles. The monoisotopic (exact) mass is 697 g/mol. The van der Waals surface area contributed by atoms with Gasteiger partial charge in [0.25, 0.3) is 0 Å². The Morgan fingerprint density at radius 3 is 2.46 bits per heavy atom. The van der Waals surface area contributed by atoms with Crippen LogP contribution in [0.5, 0.6) is 0 Å². The summed E-state index contributed by atoms with van der Waals surface area (Å²) in [5.74, 6) is -1.68. The molecular formula is C36H48FN5O8. The van der Waals surface area contributed by atoms with Crippen LogP contribution in [0.2, 0.25) is 0 Å². The second-order valence-electron chi connectivity index (χ2n) is 14.8. The zero-order chi connectivity index (χ0) is 36.6. The molecule has 13 nitrogen and oxygen atoms in total. The number of ketones is 2. The van der Waals surface area contributed by atoms with Crippen LogP contribution in [0.15, 0.2) is 36.3 Å². The minimum absolute atomic E-state index is 0.0224. The fourth-order valence-corrected chi connectivity index (χ4v) is 9.40. The third-order valence-electron chi connectivity index (χ3n) is 11.7. The lowest BCUT2D eigenvalue weighted by molar-refractivity contribution is -0.195. The number of alkyl halides is 1. The molecular weight excluding hydrogens is 649 g/mol. The molecule has 6 rings (SSSR count). The number of Topliss-reactive ketones (excluding diaryl/α,β-unsaturated/α-hetero) is 1. The third-order valence-corrected chi connectivity index (χ3v) is 11.7. The minimum Gasteiger partial charge on any atom is -0.465 e. The molecule has 2 aromatic rings. The molecule has 1 unspecified atom stereocenters. The second-order valence-corrected chi connectivity index (χ2v) is 14.8. The standard InChI is InChI=1S/C22H29FO4.C14H19N5O4/c1-12-8-16-15-5-4-13-9-14(25)6-7-21(13,3)22(15,23)18(27)10-20(16,2)19(12)17(26)11-24;1-9(20)22-6-11(7-23-10(2)21)3-4-19-8-17-12-5-16-14(15)18-13(12)19/h6-7,9,12,15-16,18-19,24,27H,4-5,8,10-11H2,1-3H3;5,8,11H,3-4,6-7H2,1-2H3,(H2,15,16,18)/t12-,15+,16+,18?,19-,20+,21+,22+;/m1./s1. The van der Waals surface area contributed by atoms with Gasteiger partial charge in [-0.25, -0.2) is 14.4 Å². The summed E-state index contributed by atoms with van der Waals surface area (Å²) < 4.78 is 28.7. The molecule has 0 saturated heterocycles. The highest BCUT2D eigenvalue weighted by Gasteiger charge is 2.71. The van der Waals surface area contributed by atoms with Gasteiger partial charge in [-0.15, -0.1) is 0 Å². The molecule has 2 aromatic heterocycles. The Kier molecular flexibility index (Phi) is 10.6. The van der Waals surface area contributed by atoms with Crippen molar-refractivity contribution >= 4 is 40.6 Å². The number of fused-ring (bicyclic) bond motifs is 6. The van der Waals surface area contributed by atoms with Crippen LogP contribution in [0.3, 0.4) is 0 Å². The van der Waals surface area contributed by atoms with E-state index in [9.17, 15) is 29.4 Å². The summed E-state index contributed by atoms with van der Waals surface area (Å²) in [6, 6.07) is 0. The van der Waals surface area contributed by atoms with Crippen molar-refractivity contribution in [3.63, 3.8) is 0 Å². The minimum atomic E-state index is -1.85. The van der Waals surface area contributed by atoms with Crippen molar-refractivity contribution in [3.05, 3.63) is 36.3 Å². The molecule has 0 bridgehead atoms. The predicted molar refractivity (Wildman–Crippen MR) is 180 cm³/mol. The van der Waals surface area contributed by atoms with E-state index in [0.717, 1.165) is 12.0 Å². The molecule has 2 heterocycles. The zero-order valence-electron chi connectivity index (χ0n) is 29.3. The van der Waals surface area contributed by atoms with E-state index in [1.807, 2.05) is 18.4 Å². The number of hydrogen-bond donors (Lipinski definition) is 3. The number of carbonyl (C=O) groups is 4. The Labute approximate surface area is 290 Å². The number of imidazole rings is 1. The number of aryl methyl sites for hydroxylation is 1. The average Bonchev–Trinajstić information content (AvgIpc) is 3.57. The van der Waals surface area contributed by atoms with E-state index >= 15 is 4.39 Å². The number of nitrogen functional groups attached to an aromatic ring is 1. The average molecular weight is 698 g/mol. The van der Waals surface area contributed by atoms with E-state index in [1.54, 1.807) is 25.5 Å². The van der Waals surface area contributed by atoms with E-state index in [4.69, 9.17) is 15.2 Å². The largest absolute Gasteiger partial charge is 0.465 e. The normalized spacial score (nSPS) is 32.7. The number of aliphatic hydroxyl groups is 2. The molecule has 0 aromatic carbocycles. The topological polar surface area (TPSA) is 197 Å². The molecule has 0 amide bonds. The highest BCUT2D eigenvalue weighted by Crippen LogP contribution is 2.69. The second kappa shape index (κ2) is 14.3.